The van der Waals surface area contributed by atoms with Crippen LogP contribution in [0.4, 0.5) is 8.78 Å². The lowest BCUT2D eigenvalue weighted by Crippen LogP contribution is -2.37. The van der Waals surface area contributed by atoms with Crippen LogP contribution in [0.1, 0.15) is 11.1 Å². The Balaban J connectivity index is 1.91. The zero-order chi connectivity index (χ0) is 19.6. The second-order valence-electron chi connectivity index (χ2n) is 6.73. The zero-order valence-corrected chi connectivity index (χ0v) is 15.9. The number of rotatable bonds is 6. The predicted octanol–water partition coefficient (Wildman–Crippen LogP) is 4.19. The Kier molecular flexibility index (Phi) is 5.77. The number of carbonyl (C=O) groups excluding carboxylic acids is 1. The standard InChI is InChI=1S/C20H20ClF2N3O/c1-25(2)12-20(27)26(10-13-3-4-16(23)8-18(13)21)11-14-9-24-19-6-5-15(22)7-17(14)19/h3-9,24H,10-12H2,1-2H3. The van der Waals surface area contributed by atoms with Crippen molar-refractivity contribution in [1.82, 2.24) is 14.8 Å². The van der Waals surface area contributed by atoms with Gasteiger partial charge in [-0.2, -0.15) is 0 Å². The Morgan fingerprint density at radius 2 is 1.70 bits per heavy atom. The molecule has 0 aliphatic carbocycles. The molecule has 3 aromatic rings. The second kappa shape index (κ2) is 8.06. The normalized spacial score (nSPS) is 11.3. The molecule has 0 aliphatic heterocycles. The summed E-state index contributed by atoms with van der Waals surface area (Å²) in [6.45, 7) is 0.729. The van der Waals surface area contributed by atoms with Gasteiger partial charge in [0.15, 0.2) is 0 Å². The number of fused-ring (bicyclic) bond motifs is 1. The van der Waals surface area contributed by atoms with E-state index in [1.54, 1.807) is 28.1 Å². The predicted molar refractivity (Wildman–Crippen MR) is 102 cm³/mol. The number of hydrogen-bond donors (Lipinski definition) is 1. The number of carbonyl (C=O) groups is 1. The van der Waals surface area contributed by atoms with Crippen molar-refractivity contribution in [2.75, 3.05) is 20.6 Å². The highest BCUT2D eigenvalue weighted by atomic mass is 35.5. The lowest BCUT2D eigenvalue weighted by molar-refractivity contribution is -0.133. The van der Waals surface area contributed by atoms with Gasteiger partial charge in [0.25, 0.3) is 0 Å². The van der Waals surface area contributed by atoms with Crippen LogP contribution in [-0.2, 0) is 17.9 Å². The van der Waals surface area contributed by atoms with Gasteiger partial charge < -0.3 is 14.8 Å². The molecule has 3 rings (SSSR count). The number of aromatic nitrogens is 1. The Bertz CT molecular complexity index is 971. The molecular weight excluding hydrogens is 372 g/mol. The molecule has 0 aliphatic rings. The van der Waals surface area contributed by atoms with E-state index in [1.165, 1.54) is 24.3 Å². The highest BCUT2D eigenvalue weighted by molar-refractivity contribution is 6.31. The number of likely N-dealkylation sites (N-methyl/N-ethyl adjacent to an activating group) is 1. The van der Waals surface area contributed by atoms with E-state index in [1.807, 2.05) is 14.1 Å². The number of amides is 1. The molecule has 1 aromatic heterocycles. The summed E-state index contributed by atoms with van der Waals surface area (Å²) in [4.78, 5) is 19.2. The SMILES string of the molecule is CN(C)CC(=O)N(Cc1ccc(F)cc1Cl)Cc1c[nH]c2ccc(F)cc12. The molecule has 1 heterocycles. The van der Waals surface area contributed by atoms with Crippen LogP contribution in [0.3, 0.4) is 0 Å². The summed E-state index contributed by atoms with van der Waals surface area (Å²) in [6.07, 6.45) is 1.77. The average molecular weight is 392 g/mol. The first-order valence-electron chi connectivity index (χ1n) is 8.45. The molecule has 0 fully saturated rings. The number of aromatic amines is 1. The molecule has 1 N–H and O–H groups in total. The molecule has 27 heavy (non-hydrogen) atoms. The number of H-pyrrole nitrogens is 1. The average Bonchev–Trinajstić information content (AvgIpc) is 2.98. The second-order valence-corrected chi connectivity index (χ2v) is 7.13. The van der Waals surface area contributed by atoms with E-state index < -0.39 is 5.82 Å². The number of halogens is 3. The van der Waals surface area contributed by atoms with Gasteiger partial charge >= 0.3 is 0 Å². The summed E-state index contributed by atoms with van der Waals surface area (Å²) < 4.78 is 27.0. The van der Waals surface area contributed by atoms with Gasteiger partial charge in [0.05, 0.1) is 6.54 Å². The van der Waals surface area contributed by atoms with E-state index in [9.17, 15) is 13.6 Å². The van der Waals surface area contributed by atoms with Crippen molar-refractivity contribution in [3.8, 4) is 0 Å². The smallest absolute Gasteiger partial charge is 0.237 e. The van der Waals surface area contributed by atoms with E-state index in [0.717, 1.165) is 16.5 Å². The first kappa shape index (κ1) is 19.3. The van der Waals surface area contributed by atoms with Crippen LogP contribution in [0.15, 0.2) is 42.6 Å². The van der Waals surface area contributed by atoms with Gasteiger partial charge in [0, 0.05) is 35.2 Å². The van der Waals surface area contributed by atoms with E-state index >= 15 is 0 Å². The van der Waals surface area contributed by atoms with E-state index in [-0.39, 0.29) is 36.4 Å². The first-order chi connectivity index (χ1) is 12.8. The Morgan fingerprint density at radius 3 is 2.41 bits per heavy atom. The highest BCUT2D eigenvalue weighted by Gasteiger charge is 2.19. The summed E-state index contributed by atoms with van der Waals surface area (Å²) in [5.41, 5.74) is 2.25. The maximum Gasteiger partial charge on any atom is 0.237 e. The molecule has 0 spiro atoms. The number of benzene rings is 2. The largest absolute Gasteiger partial charge is 0.361 e. The van der Waals surface area contributed by atoms with Crippen LogP contribution >= 0.6 is 11.6 Å². The lowest BCUT2D eigenvalue weighted by Gasteiger charge is -2.25. The van der Waals surface area contributed by atoms with Crippen molar-refractivity contribution in [2.24, 2.45) is 0 Å². The molecule has 142 valence electrons. The molecule has 1 amide bonds. The molecule has 0 unspecified atom stereocenters. The molecule has 2 aromatic carbocycles. The Labute approximate surface area is 161 Å². The number of hydrogen-bond acceptors (Lipinski definition) is 2. The van der Waals surface area contributed by atoms with E-state index in [0.29, 0.717) is 5.56 Å². The fourth-order valence-electron chi connectivity index (χ4n) is 2.95. The molecule has 0 radical (unpaired) electrons. The maximum absolute atomic E-state index is 13.6. The fraction of sp³-hybridized carbons (Fsp3) is 0.250. The van der Waals surface area contributed by atoms with Crippen LogP contribution in [-0.4, -0.2) is 41.3 Å². The monoisotopic (exact) mass is 391 g/mol. The van der Waals surface area contributed by atoms with Crippen LogP contribution < -0.4 is 0 Å². The minimum absolute atomic E-state index is 0.105. The fourth-order valence-corrected chi connectivity index (χ4v) is 3.17. The van der Waals surface area contributed by atoms with Crippen LogP contribution in [0.5, 0.6) is 0 Å². The molecule has 0 atom stereocenters. The molecule has 7 heteroatoms. The van der Waals surface area contributed by atoms with Gasteiger partial charge in [-0.3, -0.25) is 4.79 Å². The maximum atomic E-state index is 13.6. The van der Waals surface area contributed by atoms with Crippen molar-refractivity contribution in [3.05, 3.63) is 70.4 Å². The summed E-state index contributed by atoms with van der Waals surface area (Å²) in [7, 11) is 3.62. The van der Waals surface area contributed by atoms with E-state index in [2.05, 4.69) is 4.98 Å². The van der Waals surface area contributed by atoms with Gasteiger partial charge in [-0.05, 0) is 55.6 Å². The van der Waals surface area contributed by atoms with Gasteiger partial charge in [-0.15, -0.1) is 0 Å². The van der Waals surface area contributed by atoms with Crippen LogP contribution in [0.25, 0.3) is 10.9 Å². The molecular formula is C20H20ClF2N3O. The molecule has 4 nitrogen and oxygen atoms in total. The van der Waals surface area contributed by atoms with Crippen molar-refractivity contribution >= 4 is 28.4 Å². The van der Waals surface area contributed by atoms with Crippen molar-refractivity contribution in [2.45, 2.75) is 13.1 Å². The number of nitrogens with zero attached hydrogens (tertiary/aromatic N) is 2. The highest BCUT2D eigenvalue weighted by Crippen LogP contribution is 2.24. The molecule has 0 saturated carbocycles. The van der Waals surface area contributed by atoms with Gasteiger partial charge in [0.2, 0.25) is 5.91 Å². The topological polar surface area (TPSA) is 39.3 Å². The summed E-state index contributed by atoms with van der Waals surface area (Å²) >= 11 is 6.14. The molecule has 0 bridgehead atoms. The van der Waals surface area contributed by atoms with Gasteiger partial charge in [0.1, 0.15) is 11.6 Å². The summed E-state index contributed by atoms with van der Waals surface area (Å²) in [6, 6.07) is 8.61. The third kappa shape index (κ3) is 4.64. The van der Waals surface area contributed by atoms with Crippen LogP contribution in [0, 0.1) is 11.6 Å². The quantitative estimate of drug-likeness (QED) is 0.684. The van der Waals surface area contributed by atoms with Crippen molar-refractivity contribution in [1.29, 1.82) is 0 Å². The minimum Gasteiger partial charge on any atom is -0.361 e. The third-order valence-corrected chi connectivity index (χ3v) is 4.62. The van der Waals surface area contributed by atoms with Gasteiger partial charge in [-0.1, -0.05) is 17.7 Å². The Hall–Kier alpha value is -2.44. The zero-order valence-electron chi connectivity index (χ0n) is 15.1. The van der Waals surface area contributed by atoms with E-state index in [4.69, 9.17) is 11.6 Å². The summed E-state index contributed by atoms with van der Waals surface area (Å²) in [5, 5.41) is 0.991. The first-order valence-corrected chi connectivity index (χ1v) is 8.83. The van der Waals surface area contributed by atoms with Gasteiger partial charge in [-0.25, -0.2) is 8.78 Å². The lowest BCUT2D eigenvalue weighted by atomic mass is 10.1. The third-order valence-electron chi connectivity index (χ3n) is 4.27. The van der Waals surface area contributed by atoms with Crippen molar-refractivity contribution < 1.29 is 13.6 Å². The van der Waals surface area contributed by atoms with Crippen LogP contribution in [0.2, 0.25) is 5.02 Å². The summed E-state index contributed by atoms with van der Waals surface area (Å²) in [5.74, 6) is -0.871. The number of nitrogens with one attached hydrogen (secondary N) is 1. The van der Waals surface area contributed by atoms with Crippen molar-refractivity contribution in [3.63, 3.8) is 0 Å². The minimum atomic E-state index is -0.429. The molecule has 0 saturated heterocycles. The Morgan fingerprint density at radius 1 is 1.04 bits per heavy atom.